The van der Waals surface area contributed by atoms with E-state index in [-0.39, 0.29) is 10.5 Å². The van der Waals surface area contributed by atoms with E-state index in [9.17, 15) is 13.2 Å². The Balaban J connectivity index is 1.49. The average Bonchev–Trinajstić information content (AvgIpc) is 3.52. The maximum absolute atomic E-state index is 12.9. The van der Waals surface area contributed by atoms with Gasteiger partial charge in [-0.25, -0.2) is 13.4 Å². The lowest BCUT2D eigenvalue weighted by Crippen LogP contribution is -2.28. The van der Waals surface area contributed by atoms with Gasteiger partial charge in [0.05, 0.1) is 23.9 Å². The minimum Gasteiger partial charge on any atom is -0.496 e. The molecular weight excluding hydrogens is 416 g/mol. The van der Waals surface area contributed by atoms with E-state index in [1.54, 1.807) is 12.5 Å². The van der Waals surface area contributed by atoms with Crippen LogP contribution in [-0.2, 0) is 16.6 Å². The summed E-state index contributed by atoms with van der Waals surface area (Å²) in [6, 6.07) is 12.1. The third-order valence-corrected chi connectivity index (χ3v) is 7.20. The maximum atomic E-state index is 12.9. The van der Waals surface area contributed by atoms with Crippen molar-refractivity contribution in [1.29, 1.82) is 0 Å². The minimum absolute atomic E-state index is 0.102. The molecule has 0 radical (unpaired) electrons. The number of nitrogens with zero attached hydrogens (tertiary/aromatic N) is 3. The molecule has 0 bridgehead atoms. The number of hydrogen-bond acceptors (Lipinski definition) is 5. The van der Waals surface area contributed by atoms with E-state index in [2.05, 4.69) is 10.3 Å². The first kappa shape index (κ1) is 21.1. The zero-order valence-corrected chi connectivity index (χ0v) is 18.0. The first-order valence-electron chi connectivity index (χ1n) is 10.0. The lowest BCUT2D eigenvalue weighted by atomic mass is 10.1. The van der Waals surface area contributed by atoms with Crippen molar-refractivity contribution < 1.29 is 17.9 Å². The molecule has 4 rings (SSSR count). The number of hydrogen-bond donors (Lipinski definition) is 1. The first-order valence-corrected chi connectivity index (χ1v) is 11.5. The molecule has 0 unspecified atom stereocenters. The normalized spacial score (nSPS) is 14.5. The van der Waals surface area contributed by atoms with E-state index in [0.717, 1.165) is 24.1 Å². The number of benzene rings is 2. The van der Waals surface area contributed by atoms with Crippen LogP contribution in [-0.4, -0.2) is 48.4 Å². The molecule has 1 aliphatic heterocycles. The smallest absolute Gasteiger partial charge is 0.255 e. The van der Waals surface area contributed by atoms with E-state index < -0.39 is 15.9 Å². The Bertz CT molecular complexity index is 1150. The van der Waals surface area contributed by atoms with Gasteiger partial charge in [0.15, 0.2) is 0 Å². The van der Waals surface area contributed by atoms with E-state index in [4.69, 9.17) is 4.74 Å². The molecule has 0 aliphatic carbocycles. The molecule has 2 aromatic carbocycles. The highest BCUT2D eigenvalue weighted by Crippen LogP contribution is 2.26. The first-order chi connectivity index (χ1) is 15.0. The molecule has 1 N–H and O–H groups in total. The Morgan fingerprint density at radius 1 is 1.13 bits per heavy atom. The van der Waals surface area contributed by atoms with E-state index in [1.165, 1.54) is 29.6 Å². The van der Waals surface area contributed by atoms with Gasteiger partial charge in [0.2, 0.25) is 10.0 Å². The summed E-state index contributed by atoms with van der Waals surface area (Å²) in [7, 11) is -2.17. The van der Waals surface area contributed by atoms with Gasteiger partial charge in [0, 0.05) is 37.7 Å². The number of rotatable bonds is 7. The topological polar surface area (TPSA) is 93.5 Å². The van der Waals surface area contributed by atoms with Crippen LogP contribution in [0.15, 0.2) is 66.1 Å². The Labute approximate surface area is 181 Å². The molecule has 1 amide bonds. The molecule has 9 heteroatoms. The summed E-state index contributed by atoms with van der Waals surface area (Å²) in [5.41, 5.74) is 2.07. The second-order valence-corrected chi connectivity index (χ2v) is 9.23. The van der Waals surface area contributed by atoms with Crippen LogP contribution in [0.3, 0.4) is 0 Å². The molecule has 1 aromatic heterocycles. The Morgan fingerprint density at radius 3 is 2.52 bits per heavy atom. The molecule has 3 aromatic rings. The average molecular weight is 441 g/mol. The Hall–Kier alpha value is -3.17. The number of aromatic nitrogens is 2. The zero-order chi connectivity index (χ0) is 21.8. The quantitative estimate of drug-likeness (QED) is 0.610. The van der Waals surface area contributed by atoms with Gasteiger partial charge in [-0.1, -0.05) is 12.1 Å². The van der Waals surface area contributed by atoms with Crippen LogP contribution in [0.5, 0.6) is 5.75 Å². The molecular formula is C22H24N4O4S. The number of amides is 1. The highest BCUT2D eigenvalue weighted by molar-refractivity contribution is 7.89. The number of carbonyl (C=O) groups excluding carboxylic acids is 1. The van der Waals surface area contributed by atoms with Crippen LogP contribution in [0.4, 0.5) is 0 Å². The summed E-state index contributed by atoms with van der Waals surface area (Å²) in [5.74, 6) is -0.0673. The van der Waals surface area contributed by atoms with Gasteiger partial charge in [0.1, 0.15) is 5.75 Å². The number of sulfonamides is 1. The third-order valence-electron chi connectivity index (χ3n) is 5.31. The second-order valence-electron chi connectivity index (χ2n) is 7.29. The standard InChI is InChI=1S/C22H24N4O4S/c1-30-21-9-8-19(31(28,29)26-11-2-3-12-26)14-20(21)22(27)24-15-17-4-6-18(7-5-17)25-13-10-23-16-25/h4-10,13-14,16H,2-3,11-12,15H2,1H3,(H,24,27). The van der Waals surface area contributed by atoms with Crippen LogP contribution in [0.1, 0.15) is 28.8 Å². The largest absolute Gasteiger partial charge is 0.496 e. The third kappa shape index (κ3) is 4.47. The SMILES string of the molecule is COc1ccc(S(=O)(=O)N2CCCC2)cc1C(=O)NCc1ccc(-n2ccnc2)cc1. The number of nitrogens with one attached hydrogen (secondary N) is 1. The molecule has 2 heterocycles. The summed E-state index contributed by atoms with van der Waals surface area (Å²) < 4.78 is 34.4. The van der Waals surface area contributed by atoms with Gasteiger partial charge in [-0.05, 0) is 48.7 Å². The van der Waals surface area contributed by atoms with Crippen LogP contribution in [0.25, 0.3) is 5.69 Å². The van der Waals surface area contributed by atoms with Crippen molar-refractivity contribution in [3.05, 3.63) is 72.3 Å². The fourth-order valence-electron chi connectivity index (χ4n) is 3.58. The van der Waals surface area contributed by atoms with Crippen LogP contribution >= 0.6 is 0 Å². The highest BCUT2D eigenvalue weighted by Gasteiger charge is 2.28. The van der Waals surface area contributed by atoms with Gasteiger partial charge in [-0.15, -0.1) is 0 Å². The van der Waals surface area contributed by atoms with Crippen molar-refractivity contribution in [3.8, 4) is 11.4 Å². The second kappa shape index (κ2) is 8.91. The van der Waals surface area contributed by atoms with E-state index >= 15 is 0 Å². The molecule has 1 aliphatic rings. The molecule has 31 heavy (non-hydrogen) atoms. The predicted octanol–water partition coefficient (Wildman–Crippen LogP) is 2.60. The molecule has 1 saturated heterocycles. The zero-order valence-electron chi connectivity index (χ0n) is 17.2. The van der Waals surface area contributed by atoms with Gasteiger partial charge in [0.25, 0.3) is 5.91 Å². The molecule has 0 atom stereocenters. The fourth-order valence-corrected chi connectivity index (χ4v) is 5.12. The highest BCUT2D eigenvalue weighted by atomic mass is 32.2. The molecule has 1 fully saturated rings. The van der Waals surface area contributed by atoms with Crippen molar-refractivity contribution in [1.82, 2.24) is 19.2 Å². The number of carbonyl (C=O) groups is 1. The van der Waals surface area contributed by atoms with E-state index in [0.29, 0.717) is 25.4 Å². The summed E-state index contributed by atoms with van der Waals surface area (Å²) in [4.78, 5) is 17.0. The van der Waals surface area contributed by atoms with Crippen LogP contribution < -0.4 is 10.1 Å². The van der Waals surface area contributed by atoms with Gasteiger partial charge >= 0.3 is 0 Å². The lowest BCUT2D eigenvalue weighted by molar-refractivity contribution is 0.0947. The van der Waals surface area contributed by atoms with Crippen molar-refractivity contribution >= 4 is 15.9 Å². The predicted molar refractivity (Wildman–Crippen MR) is 116 cm³/mol. The minimum atomic E-state index is -3.62. The fraction of sp³-hybridized carbons (Fsp3) is 0.273. The monoisotopic (exact) mass is 440 g/mol. The van der Waals surface area contributed by atoms with Gasteiger partial charge in [-0.2, -0.15) is 4.31 Å². The molecule has 8 nitrogen and oxygen atoms in total. The van der Waals surface area contributed by atoms with Crippen molar-refractivity contribution in [2.24, 2.45) is 0 Å². The number of methoxy groups -OCH3 is 1. The number of ether oxygens (including phenoxy) is 1. The Kier molecular flexibility index (Phi) is 6.06. The molecule has 0 spiro atoms. The summed E-state index contributed by atoms with van der Waals surface area (Å²) in [5, 5.41) is 2.85. The van der Waals surface area contributed by atoms with Crippen molar-refractivity contribution in [3.63, 3.8) is 0 Å². The maximum Gasteiger partial charge on any atom is 0.255 e. The van der Waals surface area contributed by atoms with Gasteiger partial charge in [-0.3, -0.25) is 4.79 Å². The van der Waals surface area contributed by atoms with Crippen LogP contribution in [0, 0.1) is 0 Å². The van der Waals surface area contributed by atoms with Crippen molar-refractivity contribution in [2.45, 2.75) is 24.3 Å². The number of imidazole rings is 1. The van der Waals surface area contributed by atoms with Crippen LogP contribution in [0.2, 0.25) is 0 Å². The molecule has 162 valence electrons. The summed E-state index contributed by atoms with van der Waals surface area (Å²) >= 11 is 0. The summed E-state index contributed by atoms with van der Waals surface area (Å²) in [6.45, 7) is 1.31. The van der Waals surface area contributed by atoms with Gasteiger partial charge < -0.3 is 14.6 Å². The lowest BCUT2D eigenvalue weighted by Gasteiger charge is -2.17. The van der Waals surface area contributed by atoms with Crippen molar-refractivity contribution in [2.75, 3.05) is 20.2 Å². The summed E-state index contributed by atoms with van der Waals surface area (Å²) in [6.07, 6.45) is 6.97. The van der Waals surface area contributed by atoms with E-state index in [1.807, 2.05) is 35.0 Å². The Morgan fingerprint density at radius 2 is 1.87 bits per heavy atom. The molecule has 0 saturated carbocycles.